The lowest BCUT2D eigenvalue weighted by Crippen LogP contribution is -1.71. The minimum atomic E-state index is 1.20. The molecule has 0 nitrogen and oxygen atoms in total. The maximum Gasteiger partial charge on any atom is 0.0776 e. The molecule has 0 aliphatic rings. The normalized spacial score (nSPS) is 8.53. The first-order chi connectivity index (χ1) is 8.29. The minimum Gasteiger partial charge on any atom is -0.136 e. The van der Waals surface area contributed by atoms with E-state index in [2.05, 4.69) is 65.5 Å². The molecule has 0 aliphatic heterocycles. The Bertz CT molecular complexity index is 379. The monoisotopic (exact) mass is 312 g/mol. The molecule has 0 radical (unpaired) electrons. The zero-order valence-corrected chi connectivity index (χ0v) is 13.4. The molecular formula is C15H21BrS. The summed E-state index contributed by atoms with van der Waals surface area (Å²) in [5.74, 6) is 0. The molecule has 17 heavy (non-hydrogen) atoms. The summed E-state index contributed by atoms with van der Waals surface area (Å²) in [5.41, 5.74) is 2.55. The van der Waals surface area contributed by atoms with Crippen LogP contribution in [0.3, 0.4) is 0 Å². The molecule has 0 spiro atoms. The van der Waals surface area contributed by atoms with Crippen LogP contribution in [0, 0.1) is 0 Å². The Hall–Kier alpha value is -0.600. The number of benzene rings is 1. The van der Waals surface area contributed by atoms with Crippen molar-refractivity contribution in [1.82, 2.24) is 0 Å². The number of thiophene rings is 1. The Balaban J connectivity index is 0.000000450. The molecule has 0 amide bonds. The van der Waals surface area contributed by atoms with Crippen molar-refractivity contribution in [2.45, 2.75) is 34.1 Å². The van der Waals surface area contributed by atoms with Crippen molar-refractivity contribution < 1.29 is 0 Å². The molecule has 0 saturated heterocycles. The highest BCUT2D eigenvalue weighted by Crippen LogP contribution is 2.32. The molecule has 0 N–H and O–H groups in total. The summed E-state index contributed by atoms with van der Waals surface area (Å²) in [6.45, 7) is 8.25. The Labute approximate surface area is 118 Å². The molecule has 0 aliphatic carbocycles. The molecule has 0 atom stereocenters. The van der Waals surface area contributed by atoms with Gasteiger partial charge in [0.2, 0.25) is 0 Å². The molecule has 94 valence electrons. The van der Waals surface area contributed by atoms with E-state index in [1.807, 2.05) is 19.9 Å². The first-order valence-electron chi connectivity index (χ1n) is 6.08. The second-order valence-electron chi connectivity index (χ2n) is 3.18. The molecule has 0 bridgehead atoms. The van der Waals surface area contributed by atoms with E-state index in [0.717, 1.165) is 0 Å². The van der Waals surface area contributed by atoms with Crippen molar-refractivity contribution in [3.8, 4) is 11.1 Å². The SMILES string of the molecule is Brc1sccc1-c1ccccc1.CC.CCC. The fraction of sp³-hybridized carbons (Fsp3) is 0.333. The van der Waals surface area contributed by atoms with E-state index < -0.39 is 0 Å². The van der Waals surface area contributed by atoms with Crippen LogP contribution in [0.2, 0.25) is 0 Å². The minimum absolute atomic E-state index is 1.20. The fourth-order valence-electron chi connectivity index (χ4n) is 1.12. The van der Waals surface area contributed by atoms with Crippen molar-refractivity contribution in [3.63, 3.8) is 0 Å². The summed E-state index contributed by atoms with van der Waals surface area (Å²) in [6.07, 6.45) is 1.25. The van der Waals surface area contributed by atoms with Crippen LogP contribution >= 0.6 is 27.3 Å². The highest BCUT2D eigenvalue weighted by atomic mass is 79.9. The first-order valence-corrected chi connectivity index (χ1v) is 7.75. The third-order valence-electron chi connectivity index (χ3n) is 1.70. The van der Waals surface area contributed by atoms with E-state index in [4.69, 9.17) is 0 Å². The molecule has 0 fully saturated rings. The summed E-state index contributed by atoms with van der Waals surface area (Å²) in [6, 6.07) is 12.5. The quantitative estimate of drug-likeness (QED) is 0.555. The lowest BCUT2D eigenvalue weighted by atomic mass is 10.1. The van der Waals surface area contributed by atoms with Crippen LogP contribution < -0.4 is 0 Å². The second-order valence-corrected chi connectivity index (χ2v) is 5.42. The second kappa shape index (κ2) is 10.5. The van der Waals surface area contributed by atoms with Crippen LogP contribution in [0.4, 0.5) is 0 Å². The van der Waals surface area contributed by atoms with Crippen molar-refractivity contribution in [2.24, 2.45) is 0 Å². The maximum absolute atomic E-state index is 3.52. The average molecular weight is 313 g/mol. The number of halogens is 1. The van der Waals surface area contributed by atoms with Gasteiger partial charge in [0.05, 0.1) is 3.79 Å². The number of hydrogen-bond donors (Lipinski definition) is 0. The van der Waals surface area contributed by atoms with Crippen LogP contribution in [0.15, 0.2) is 45.6 Å². The van der Waals surface area contributed by atoms with Crippen LogP contribution in [-0.2, 0) is 0 Å². The summed E-state index contributed by atoms with van der Waals surface area (Å²) in [4.78, 5) is 0. The number of rotatable bonds is 1. The highest BCUT2D eigenvalue weighted by Gasteiger charge is 2.01. The Morgan fingerprint density at radius 1 is 1.00 bits per heavy atom. The van der Waals surface area contributed by atoms with Gasteiger partial charge < -0.3 is 0 Å². The fourth-order valence-corrected chi connectivity index (χ4v) is 2.44. The topological polar surface area (TPSA) is 0 Å². The molecule has 2 aromatic rings. The molecule has 1 aromatic carbocycles. The zero-order chi connectivity index (χ0) is 13.1. The maximum atomic E-state index is 3.52. The Morgan fingerprint density at radius 2 is 1.53 bits per heavy atom. The van der Waals surface area contributed by atoms with E-state index in [1.54, 1.807) is 11.3 Å². The lowest BCUT2D eigenvalue weighted by molar-refractivity contribution is 1.09. The summed E-state index contributed by atoms with van der Waals surface area (Å²) < 4.78 is 1.20. The van der Waals surface area contributed by atoms with Crippen LogP contribution in [0.1, 0.15) is 34.1 Å². The molecule has 1 aromatic heterocycles. The van der Waals surface area contributed by atoms with E-state index in [0.29, 0.717) is 0 Å². The van der Waals surface area contributed by atoms with Gasteiger partial charge in [0.25, 0.3) is 0 Å². The molecular weight excluding hydrogens is 292 g/mol. The summed E-state index contributed by atoms with van der Waals surface area (Å²) in [5, 5.41) is 2.09. The third-order valence-corrected chi connectivity index (χ3v) is 3.39. The van der Waals surface area contributed by atoms with Crippen LogP contribution in [0.5, 0.6) is 0 Å². The van der Waals surface area contributed by atoms with Crippen molar-refractivity contribution >= 4 is 27.3 Å². The molecule has 2 rings (SSSR count). The predicted molar refractivity (Wildman–Crippen MR) is 84.8 cm³/mol. The van der Waals surface area contributed by atoms with Gasteiger partial charge in [0.1, 0.15) is 0 Å². The van der Waals surface area contributed by atoms with Crippen molar-refractivity contribution in [1.29, 1.82) is 0 Å². The van der Waals surface area contributed by atoms with E-state index >= 15 is 0 Å². The zero-order valence-electron chi connectivity index (χ0n) is 11.0. The largest absolute Gasteiger partial charge is 0.136 e. The van der Waals surface area contributed by atoms with Gasteiger partial charge in [-0.2, -0.15) is 0 Å². The van der Waals surface area contributed by atoms with Gasteiger partial charge in [-0.3, -0.25) is 0 Å². The van der Waals surface area contributed by atoms with E-state index in [-0.39, 0.29) is 0 Å². The highest BCUT2D eigenvalue weighted by molar-refractivity contribution is 9.11. The Kier molecular flexibility index (Phi) is 10.2. The lowest BCUT2D eigenvalue weighted by Gasteiger charge is -1.96. The van der Waals surface area contributed by atoms with Gasteiger partial charge in [-0.15, -0.1) is 11.3 Å². The van der Waals surface area contributed by atoms with E-state index in [9.17, 15) is 0 Å². The summed E-state index contributed by atoms with van der Waals surface area (Å²) in [7, 11) is 0. The van der Waals surface area contributed by atoms with Gasteiger partial charge in [-0.1, -0.05) is 64.4 Å². The molecule has 1 heterocycles. The summed E-state index contributed by atoms with van der Waals surface area (Å²) >= 11 is 5.24. The van der Waals surface area contributed by atoms with Crippen LogP contribution in [0.25, 0.3) is 11.1 Å². The smallest absolute Gasteiger partial charge is 0.0776 e. The average Bonchev–Trinajstić information content (AvgIpc) is 2.80. The molecule has 0 saturated carbocycles. The molecule has 2 heteroatoms. The molecule has 0 unspecified atom stereocenters. The standard InChI is InChI=1S/C10H7BrS.C3H8.C2H6/c11-10-9(6-7-12-10)8-4-2-1-3-5-8;1-3-2;1-2/h1-7H;3H2,1-2H3;1-2H3. The van der Waals surface area contributed by atoms with Crippen molar-refractivity contribution in [2.75, 3.05) is 0 Å². The van der Waals surface area contributed by atoms with Crippen molar-refractivity contribution in [3.05, 3.63) is 45.6 Å². The van der Waals surface area contributed by atoms with Crippen LogP contribution in [-0.4, -0.2) is 0 Å². The van der Waals surface area contributed by atoms with Gasteiger partial charge in [-0.05, 0) is 32.9 Å². The van der Waals surface area contributed by atoms with Gasteiger partial charge in [0, 0.05) is 5.56 Å². The van der Waals surface area contributed by atoms with Gasteiger partial charge in [0.15, 0.2) is 0 Å². The first kappa shape index (κ1) is 16.4. The predicted octanol–water partition coefficient (Wildman–Crippen LogP) is 6.62. The van der Waals surface area contributed by atoms with Gasteiger partial charge >= 0.3 is 0 Å². The van der Waals surface area contributed by atoms with Gasteiger partial charge in [-0.25, -0.2) is 0 Å². The third kappa shape index (κ3) is 6.04. The Morgan fingerprint density at radius 3 is 1.94 bits per heavy atom. The van der Waals surface area contributed by atoms with E-state index in [1.165, 1.54) is 21.3 Å². The number of hydrogen-bond acceptors (Lipinski definition) is 1.